The summed E-state index contributed by atoms with van der Waals surface area (Å²) in [5.74, 6) is 1.64. The number of likely N-dealkylation sites (N-methyl/N-ethyl adjacent to an activating group) is 1. The molecular formula is C30H39N7O5. The molecule has 0 bridgehead atoms. The third-order valence-corrected chi connectivity index (χ3v) is 6.75. The lowest BCUT2D eigenvalue weighted by Crippen LogP contribution is -2.45. The predicted molar refractivity (Wildman–Crippen MR) is 162 cm³/mol. The van der Waals surface area contributed by atoms with Gasteiger partial charge in [0.2, 0.25) is 5.88 Å². The van der Waals surface area contributed by atoms with E-state index in [9.17, 15) is 9.90 Å². The molecule has 0 spiro atoms. The Hall–Kier alpha value is -4.42. The number of methoxy groups -OCH3 is 1. The Labute approximate surface area is 245 Å². The normalized spacial score (nSPS) is 14.8. The topological polar surface area (TPSA) is 145 Å². The molecule has 1 aromatic heterocycles. The van der Waals surface area contributed by atoms with E-state index < -0.39 is 11.4 Å². The number of nitrogens with one attached hydrogen (secondary N) is 3. The van der Waals surface area contributed by atoms with Crippen molar-refractivity contribution < 1.29 is 24.1 Å². The van der Waals surface area contributed by atoms with Crippen LogP contribution in [0.4, 0.5) is 10.5 Å². The summed E-state index contributed by atoms with van der Waals surface area (Å²) in [6, 6.07) is 9.76. The van der Waals surface area contributed by atoms with Gasteiger partial charge in [-0.1, -0.05) is 26.8 Å². The number of aliphatic hydroxyl groups excluding tert-OH is 1. The SMILES string of the molecule is COc1cc2ncnc(Oc3cccc(NC(=O)NC(=N)/C=C(\O)C(C)(C)C)c3)c2cc1OCCN1CCN(C)CC1. The summed E-state index contributed by atoms with van der Waals surface area (Å²) in [5.41, 5.74) is 0.529. The smallest absolute Gasteiger partial charge is 0.324 e. The van der Waals surface area contributed by atoms with E-state index in [1.54, 1.807) is 58.2 Å². The zero-order valence-corrected chi connectivity index (χ0v) is 24.7. The second kappa shape index (κ2) is 13.5. The summed E-state index contributed by atoms with van der Waals surface area (Å²) in [6.07, 6.45) is 2.62. The largest absolute Gasteiger partial charge is 0.512 e. The van der Waals surface area contributed by atoms with Gasteiger partial charge in [0, 0.05) is 62.0 Å². The first-order chi connectivity index (χ1) is 20.0. The number of aliphatic hydroxyl groups is 1. The Kier molecular flexibility index (Phi) is 9.81. The Balaban J connectivity index is 1.44. The summed E-state index contributed by atoms with van der Waals surface area (Å²) in [4.78, 5) is 25.8. The van der Waals surface area contributed by atoms with Crippen molar-refractivity contribution in [3.63, 3.8) is 0 Å². The highest BCUT2D eigenvalue weighted by atomic mass is 16.5. The number of carbonyl (C=O) groups excluding carboxylic acids is 1. The fourth-order valence-electron chi connectivity index (χ4n) is 4.17. The van der Waals surface area contributed by atoms with Crippen LogP contribution in [0.5, 0.6) is 23.1 Å². The first kappa shape index (κ1) is 30.5. The van der Waals surface area contributed by atoms with E-state index >= 15 is 0 Å². The molecule has 0 saturated carbocycles. The minimum atomic E-state index is -0.631. The molecule has 12 nitrogen and oxygen atoms in total. The maximum Gasteiger partial charge on any atom is 0.324 e. The minimum absolute atomic E-state index is 0.0125. The van der Waals surface area contributed by atoms with Crippen LogP contribution in [-0.2, 0) is 0 Å². The number of aromatic nitrogens is 2. The minimum Gasteiger partial charge on any atom is -0.512 e. The summed E-state index contributed by atoms with van der Waals surface area (Å²) in [7, 11) is 3.72. The van der Waals surface area contributed by atoms with Gasteiger partial charge in [0.15, 0.2) is 11.5 Å². The Morgan fingerprint density at radius 3 is 2.60 bits per heavy atom. The zero-order chi connectivity index (χ0) is 30.3. The molecule has 1 aliphatic rings. The third kappa shape index (κ3) is 8.30. The van der Waals surface area contributed by atoms with Crippen LogP contribution in [0, 0.1) is 10.8 Å². The Bertz CT molecular complexity index is 1450. The number of anilines is 1. The number of benzene rings is 2. The van der Waals surface area contributed by atoms with Gasteiger partial charge in [-0.25, -0.2) is 14.8 Å². The molecular weight excluding hydrogens is 538 g/mol. The molecule has 12 heteroatoms. The second-order valence-corrected chi connectivity index (χ2v) is 11.1. The van der Waals surface area contributed by atoms with Gasteiger partial charge < -0.3 is 29.5 Å². The molecule has 3 aromatic rings. The van der Waals surface area contributed by atoms with Crippen molar-refractivity contribution in [2.45, 2.75) is 20.8 Å². The maximum absolute atomic E-state index is 12.4. The number of piperazine rings is 1. The predicted octanol–water partition coefficient (Wildman–Crippen LogP) is 4.64. The van der Waals surface area contributed by atoms with Gasteiger partial charge in [-0.05, 0) is 25.2 Å². The molecule has 4 N–H and O–H groups in total. The highest BCUT2D eigenvalue weighted by molar-refractivity contribution is 6.06. The van der Waals surface area contributed by atoms with Crippen molar-refractivity contribution in [2.75, 3.05) is 58.8 Å². The van der Waals surface area contributed by atoms with Crippen molar-refractivity contribution in [3.05, 3.63) is 54.6 Å². The molecule has 1 aliphatic heterocycles. The summed E-state index contributed by atoms with van der Waals surface area (Å²) < 4.78 is 17.8. The van der Waals surface area contributed by atoms with Gasteiger partial charge in [0.25, 0.3) is 0 Å². The van der Waals surface area contributed by atoms with E-state index in [4.69, 9.17) is 19.6 Å². The van der Waals surface area contributed by atoms with Crippen LogP contribution >= 0.6 is 0 Å². The Morgan fingerprint density at radius 2 is 1.88 bits per heavy atom. The number of carbonyl (C=O) groups is 1. The number of rotatable bonds is 9. The van der Waals surface area contributed by atoms with Crippen LogP contribution in [0.3, 0.4) is 0 Å². The van der Waals surface area contributed by atoms with Crippen LogP contribution in [0.25, 0.3) is 10.9 Å². The van der Waals surface area contributed by atoms with E-state index in [0.717, 1.165) is 32.7 Å². The standard InChI is InChI=1S/C30H39N7O5/c1-30(2,3)26(38)18-27(31)35-29(39)34-20-7-6-8-21(15-20)42-28-22-16-25(24(40-5)17-23(22)32-19-33-28)41-14-13-37-11-9-36(4)10-12-37/h6-8,15-19,38H,9-14H2,1-5H3,(H3,31,34,35,39)/b26-18-. The number of hydrogen-bond donors (Lipinski definition) is 4. The fraction of sp³-hybridized carbons (Fsp3) is 0.400. The molecule has 0 radical (unpaired) electrons. The van der Waals surface area contributed by atoms with Crippen LogP contribution in [0.15, 0.2) is 54.6 Å². The monoisotopic (exact) mass is 577 g/mol. The second-order valence-electron chi connectivity index (χ2n) is 11.1. The van der Waals surface area contributed by atoms with Gasteiger partial charge >= 0.3 is 6.03 Å². The Morgan fingerprint density at radius 1 is 1.12 bits per heavy atom. The number of fused-ring (bicyclic) bond motifs is 1. The fourth-order valence-corrected chi connectivity index (χ4v) is 4.17. The highest BCUT2D eigenvalue weighted by Crippen LogP contribution is 2.36. The van der Waals surface area contributed by atoms with Gasteiger partial charge in [0.05, 0.1) is 18.0 Å². The summed E-state index contributed by atoms with van der Waals surface area (Å²) in [6.45, 7) is 10.8. The number of amides is 2. The maximum atomic E-state index is 12.4. The molecule has 4 rings (SSSR count). The number of allylic oxidation sites excluding steroid dienone is 1. The molecule has 42 heavy (non-hydrogen) atoms. The van der Waals surface area contributed by atoms with Crippen LogP contribution in [-0.4, -0.2) is 90.2 Å². The van der Waals surface area contributed by atoms with Crippen molar-refractivity contribution in [1.29, 1.82) is 5.41 Å². The first-order valence-corrected chi connectivity index (χ1v) is 13.7. The lowest BCUT2D eigenvalue weighted by atomic mass is 9.93. The zero-order valence-electron chi connectivity index (χ0n) is 24.7. The van der Waals surface area contributed by atoms with Crippen molar-refractivity contribution in [2.24, 2.45) is 5.41 Å². The van der Waals surface area contributed by atoms with Crippen LogP contribution < -0.4 is 24.8 Å². The van der Waals surface area contributed by atoms with E-state index in [1.807, 2.05) is 6.07 Å². The lowest BCUT2D eigenvalue weighted by Gasteiger charge is -2.32. The molecule has 0 atom stereocenters. The van der Waals surface area contributed by atoms with Crippen molar-refractivity contribution in [3.8, 4) is 23.1 Å². The first-order valence-electron chi connectivity index (χ1n) is 13.7. The molecule has 0 unspecified atom stereocenters. The number of hydrogen-bond acceptors (Lipinski definition) is 10. The van der Waals surface area contributed by atoms with E-state index in [-0.39, 0.29) is 11.6 Å². The summed E-state index contributed by atoms with van der Waals surface area (Å²) in [5, 5.41) is 23.7. The molecule has 2 amide bonds. The highest BCUT2D eigenvalue weighted by Gasteiger charge is 2.18. The van der Waals surface area contributed by atoms with Crippen molar-refractivity contribution in [1.82, 2.24) is 25.1 Å². The lowest BCUT2D eigenvalue weighted by molar-refractivity contribution is 0.133. The van der Waals surface area contributed by atoms with Crippen molar-refractivity contribution >= 4 is 28.5 Å². The average Bonchev–Trinajstić information content (AvgIpc) is 2.93. The van der Waals surface area contributed by atoms with Crippen LogP contribution in [0.2, 0.25) is 0 Å². The number of ether oxygens (including phenoxy) is 3. The van der Waals surface area contributed by atoms with Gasteiger partial charge in [-0.3, -0.25) is 15.6 Å². The van der Waals surface area contributed by atoms with Crippen LogP contribution in [0.1, 0.15) is 20.8 Å². The van der Waals surface area contributed by atoms with E-state index in [0.29, 0.717) is 46.3 Å². The quantitative estimate of drug-likeness (QED) is 0.162. The molecule has 2 aromatic carbocycles. The summed E-state index contributed by atoms with van der Waals surface area (Å²) >= 11 is 0. The van der Waals surface area contributed by atoms with Gasteiger partial charge in [-0.15, -0.1) is 0 Å². The van der Waals surface area contributed by atoms with Gasteiger partial charge in [-0.2, -0.15) is 0 Å². The molecule has 0 aliphatic carbocycles. The van der Waals surface area contributed by atoms with Gasteiger partial charge in [0.1, 0.15) is 30.3 Å². The molecule has 1 saturated heterocycles. The molecule has 224 valence electrons. The van der Waals surface area contributed by atoms with E-state index in [1.165, 1.54) is 12.4 Å². The number of amidine groups is 1. The average molecular weight is 578 g/mol. The third-order valence-electron chi connectivity index (χ3n) is 6.75. The molecule has 1 fully saturated rings. The number of nitrogens with zero attached hydrogens (tertiary/aromatic N) is 4. The number of urea groups is 1. The molecule has 2 heterocycles. The van der Waals surface area contributed by atoms with E-state index in [2.05, 4.69) is 37.4 Å².